The molecule has 1 N–H and O–H groups in total. The number of para-hydroxylation sites is 1. The largest absolute Gasteiger partial charge is 0.480 e. The first kappa shape index (κ1) is 18.5. The topological polar surface area (TPSA) is 74.9 Å². The monoisotopic (exact) mass is 379 g/mol. The van der Waals surface area contributed by atoms with Crippen LogP contribution in [0.25, 0.3) is 10.9 Å². The van der Waals surface area contributed by atoms with Gasteiger partial charge in [-0.15, -0.1) is 0 Å². The highest BCUT2D eigenvalue weighted by atomic mass is 16.4. The van der Waals surface area contributed by atoms with Crippen molar-refractivity contribution >= 4 is 28.5 Å². The van der Waals surface area contributed by atoms with Gasteiger partial charge < -0.3 is 9.67 Å². The van der Waals surface area contributed by atoms with Crippen LogP contribution in [0.15, 0.2) is 47.7 Å². The molecule has 0 bridgehead atoms. The molecule has 2 unspecified atom stereocenters. The van der Waals surface area contributed by atoms with Crippen LogP contribution in [0, 0.1) is 11.8 Å². The zero-order valence-corrected chi connectivity index (χ0v) is 16.0. The Kier molecular flexibility index (Phi) is 5.03. The van der Waals surface area contributed by atoms with Crippen molar-refractivity contribution in [1.82, 2.24) is 9.58 Å². The molecule has 1 aromatic carbocycles. The van der Waals surface area contributed by atoms with Gasteiger partial charge in [0.2, 0.25) is 5.91 Å². The Hall–Kier alpha value is -2.89. The molecule has 1 aliphatic heterocycles. The maximum Gasteiger partial charge on any atom is 0.323 e. The maximum absolute atomic E-state index is 13.0. The lowest BCUT2D eigenvalue weighted by Gasteiger charge is -2.36. The number of fused-ring (bicyclic) bond motifs is 2. The Morgan fingerprint density at radius 1 is 1.21 bits per heavy atom. The molecule has 6 heteroatoms. The third-order valence-corrected chi connectivity index (χ3v) is 5.68. The van der Waals surface area contributed by atoms with Gasteiger partial charge in [0.1, 0.15) is 6.54 Å². The Morgan fingerprint density at radius 2 is 1.96 bits per heavy atom. The molecule has 2 heterocycles. The van der Waals surface area contributed by atoms with E-state index in [9.17, 15) is 14.7 Å². The van der Waals surface area contributed by atoms with Gasteiger partial charge >= 0.3 is 5.97 Å². The number of aliphatic carboxylic acids is 1. The maximum atomic E-state index is 13.0. The van der Waals surface area contributed by atoms with Crippen molar-refractivity contribution in [3.05, 3.63) is 48.2 Å². The summed E-state index contributed by atoms with van der Waals surface area (Å²) in [5, 5.41) is 16.7. The molecule has 4 rings (SSSR count). The first-order valence-corrected chi connectivity index (χ1v) is 9.95. The van der Waals surface area contributed by atoms with Crippen LogP contribution in [0.3, 0.4) is 0 Å². The summed E-state index contributed by atoms with van der Waals surface area (Å²) in [4.78, 5) is 24.3. The molecule has 2 aliphatic rings. The molecule has 2 atom stereocenters. The Labute approximate surface area is 164 Å². The standard InChI is InChI=1S/C22H25N3O3/c1-2-3-12-25-22(28)17-10-5-4-9-16(17)21(23-25)18-13-24(14-20(26)27)19-11-7-6-8-15(18)19/h4-8,11,13,16-17H,2-3,9-10,12,14H2,1H3,(H,26,27). The molecule has 1 amide bonds. The number of unbranched alkanes of at least 4 members (excludes halogenated alkanes) is 1. The van der Waals surface area contributed by atoms with Crippen LogP contribution in [0.4, 0.5) is 0 Å². The van der Waals surface area contributed by atoms with Crippen LogP contribution in [0.1, 0.15) is 38.2 Å². The van der Waals surface area contributed by atoms with Gasteiger partial charge in [0.25, 0.3) is 0 Å². The molecule has 0 fully saturated rings. The molecule has 0 spiro atoms. The highest BCUT2D eigenvalue weighted by Crippen LogP contribution is 2.37. The van der Waals surface area contributed by atoms with Gasteiger partial charge in [-0.05, 0) is 25.3 Å². The summed E-state index contributed by atoms with van der Waals surface area (Å²) >= 11 is 0. The Balaban J connectivity index is 1.84. The van der Waals surface area contributed by atoms with E-state index in [1.54, 1.807) is 9.58 Å². The van der Waals surface area contributed by atoms with E-state index >= 15 is 0 Å². The minimum atomic E-state index is -0.879. The lowest BCUT2D eigenvalue weighted by molar-refractivity contribution is -0.138. The molecular weight excluding hydrogens is 354 g/mol. The number of nitrogens with zero attached hydrogens (tertiary/aromatic N) is 3. The SMILES string of the molecule is CCCCN1N=C(c2cn(CC(=O)O)c3ccccc23)C2CC=CCC2C1=O. The molecule has 1 aliphatic carbocycles. The number of benzene rings is 1. The minimum Gasteiger partial charge on any atom is -0.480 e. The first-order chi connectivity index (χ1) is 13.6. The van der Waals surface area contributed by atoms with Gasteiger partial charge in [-0.3, -0.25) is 9.59 Å². The van der Waals surface area contributed by atoms with Crippen molar-refractivity contribution in [3.63, 3.8) is 0 Å². The quantitative estimate of drug-likeness (QED) is 0.779. The van der Waals surface area contributed by atoms with E-state index in [2.05, 4.69) is 19.1 Å². The van der Waals surface area contributed by atoms with Crippen LogP contribution in [-0.4, -0.2) is 38.8 Å². The van der Waals surface area contributed by atoms with Crippen molar-refractivity contribution in [2.75, 3.05) is 6.54 Å². The molecule has 28 heavy (non-hydrogen) atoms. The second-order valence-corrected chi connectivity index (χ2v) is 7.54. The smallest absolute Gasteiger partial charge is 0.323 e. The normalized spacial score (nSPS) is 21.7. The summed E-state index contributed by atoms with van der Waals surface area (Å²) in [7, 11) is 0. The highest BCUT2D eigenvalue weighted by Gasteiger charge is 2.40. The van der Waals surface area contributed by atoms with E-state index in [1.165, 1.54) is 0 Å². The number of carbonyl (C=O) groups excluding carboxylic acids is 1. The Morgan fingerprint density at radius 3 is 2.71 bits per heavy atom. The fourth-order valence-electron chi connectivity index (χ4n) is 4.28. The van der Waals surface area contributed by atoms with Gasteiger partial charge in [0.05, 0.1) is 11.6 Å². The molecule has 146 valence electrons. The van der Waals surface area contributed by atoms with E-state index in [0.29, 0.717) is 6.54 Å². The average molecular weight is 379 g/mol. The Bertz CT molecular complexity index is 973. The number of carboxylic acids is 1. The fraction of sp³-hybridized carbons (Fsp3) is 0.409. The van der Waals surface area contributed by atoms with Crippen LogP contribution >= 0.6 is 0 Å². The van der Waals surface area contributed by atoms with E-state index < -0.39 is 5.97 Å². The zero-order chi connectivity index (χ0) is 19.7. The third-order valence-electron chi connectivity index (χ3n) is 5.68. The van der Waals surface area contributed by atoms with E-state index in [-0.39, 0.29) is 24.3 Å². The second-order valence-electron chi connectivity index (χ2n) is 7.54. The molecule has 2 aromatic rings. The molecule has 6 nitrogen and oxygen atoms in total. The lowest BCUT2D eigenvalue weighted by atomic mass is 9.76. The summed E-state index contributed by atoms with van der Waals surface area (Å²) in [6.07, 6.45) is 9.54. The predicted molar refractivity (Wildman–Crippen MR) is 108 cm³/mol. The van der Waals surface area contributed by atoms with Crippen LogP contribution < -0.4 is 0 Å². The first-order valence-electron chi connectivity index (χ1n) is 9.95. The molecule has 0 saturated heterocycles. The van der Waals surface area contributed by atoms with Gasteiger partial charge in [-0.25, -0.2) is 5.01 Å². The van der Waals surface area contributed by atoms with Gasteiger partial charge in [0, 0.05) is 35.1 Å². The van der Waals surface area contributed by atoms with E-state index in [4.69, 9.17) is 5.10 Å². The summed E-state index contributed by atoms with van der Waals surface area (Å²) in [5.74, 6) is -0.813. The second kappa shape index (κ2) is 7.62. The van der Waals surface area contributed by atoms with Crippen LogP contribution in [0.5, 0.6) is 0 Å². The van der Waals surface area contributed by atoms with Crippen molar-refractivity contribution in [3.8, 4) is 0 Å². The van der Waals surface area contributed by atoms with Crippen molar-refractivity contribution in [2.24, 2.45) is 16.9 Å². The third kappa shape index (κ3) is 3.23. The van der Waals surface area contributed by atoms with Gasteiger partial charge in [-0.1, -0.05) is 43.7 Å². The van der Waals surface area contributed by atoms with Crippen molar-refractivity contribution in [1.29, 1.82) is 0 Å². The summed E-state index contributed by atoms with van der Waals surface area (Å²) < 4.78 is 1.76. The number of hydrogen-bond donors (Lipinski definition) is 1. The number of carbonyl (C=O) groups is 2. The van der Waals surface area contributed by atoms with Crippen LogP contribution in [0.2, 0.25) is 0 Å². The molecule has 0 saturated carbocycles. The molecule has 0 radical (unpaired) electrons. The summed E-state index contributed by atoms with van der Waals surface area (Å²) in [5.41, 5.74) is 2.73. The van der Waals surface area contributed by atoms with E-state index in [1.807, 2.05) is 30.5 Å². The highest BCUT2D eigenvalue weighted by molar-refractivity contribution is 6.14. The molecular formula is C22H25N3O3. The number of aromatic nitrogens is 1. The van der Waals surface area contributed by atoms with Gasteiger partial charge in [-0.2, -0.15) is 5.10 Å². The number of hydrogen-bond acceptors (Lipinski definition) is 3. The predicted octanol–water partition coefficient (Wildman–Crippen LogP) is 3.65. The summed E-state index contributed by atoms with van der Waals surface area (Å²) in [6, 6.07) is 7.81. The minimum absolute atomic E-state index is 0.0412. The number of hydrazone groups is 1. The van der Waals surface area contributed by atoms with Crippen molar-refractivity contribution < 1.29 is 14.7 Å². The summed E-state index contributed by atoms with van der Waals surface area (Å²) in [6.45, 7) is 2.63. The van der Waals surface area contributed by atoms with E-state index in [0.717, 1.165) is 47.9 Å². The van der Waals surface area contributed by atoms with Crippen LogP contribution in [-0.2, 0) is 16.1 Å². The van der Waals surface area contributed by atoms with Crippen molar-refractivity contribution in [2.45, 2.75) is 39.2 Å². The zero-order valence-electron chi connectivity index (χ0n) is 16.0. The van der Waals surface area contributed by atoms with Gasteiger partial charge in [0.15, 0.2) is 0 Å². The fourth-order valence-corrected chi connectivity index (χ4v) is 4.28. The number of carboxylic acid groups (broad SMARTS) is 1. The number of allylic oxidation sites excluding steroid dienone is 2. The number of rotatable bonds is 6. The average Bonchev–Trinajstić information content (AvgIpc) is 3.05. The number of amides is 1. The molecule has 1 aromatic heterocycles. The lowest BCUT2D eigenvalue weighted by Crippen LogP contribution is -2.45.